The Balaban J connectivity index is 1.86. The van der Waals surface area contributed by atoms with Crippen LogP contribution in [0.25, 0.3) is 0 Å². The molecule has 5 nitrogen and oxygen atoms in total. The third-order valence-corrected chi connectivity index (χ3v) is 4.51. The predicted octanol–water partition coefficient (Wildman–Crippen LogP) is 2.27. The average Bonchev–Trinajstić information content (AvgIpc) is 2.58. The number of rotatable bonds is 7. The van der Waals surface area contributed by atoms with Crippen molar-refractivity contribution < 1.29 is 14.5 Å². The number of carbonyl (C=O) groups excluding carboxylic acids is 2. The highest BCUT2D eigenvalue weighted by atomic mass is 16.2. The van der Waals surface area contributed by atoms with Gasteiger partial charge in [-0.15, -0.1) is 0 Å². The molecule has 2 rings (SSSR count). The molecule has 2 aromatic carbocycles. The lowest BCUT2D eigenvalue weighted by atomic mass is 10.1. The maximum atomic E-state index is 12.4. The lowest BCUT2D eigenvalue weighted by Crippen LogP contribution is -3.11. The molecule has 27 heavy (non-hydrogen) atoms. The fourth-order valence-corrected chi connectivity index (χ4v) is 3.20. The first-order valence-corrected chi connectivity index (χ1v) is 9.36. The lowest BCUT2D eigenvalue weighted by Gasteiger charge is -2.16. The van der Waals surface area contributed by atoms with Gasteiger partial charge in [-0.2, -0.15) is 0 Å². The molecule has 3 N–H and O–H groups in total. The van der Waals surface area contributed by atoms with Crippen LogP contribution in [-0.2, 0) is 16.0 Å². The van der Waals surface area contributed by atoms with Crippen molar-refractivity contribution in [2.24, 2.45) is 0 Å². The summed E-state index contributed by atoms with van der Waals surface area (Å²) in [6, 6.07) is 11.9. The molecule has 0 radical (unpaired) electrons. The Bertz CT molecular complexity index is 790. The van der Waals surface area contributed by atoms with Crippen molar-refractivity contribution in [3.63, 3.8) is 0 Å². The highest BCUT2D eigenvalue weighted by molar-refractivity contribution is 5.94. The lowest BCUT2D eigenvalue weighted by molar-refractivity contribution is -0.862. The molecule has 2 aromatic rings. The summed E-state index contributed by atoms with van der Waals surface area (Å²) in [5, 5.41) is 5.86. The van der Waals surface area contributed by atoms with E-state index < -0.39 is 0 Å². The normalized spacial score (nSPS) is 11.7. The van der Waals surface area contributed by atoms with Gasteiger partial charge in [-0.25, -0.2) is 0 Å². The Morgan fingerprint density at radius 3 is 1.93 bits per heavy atom. The Labute approximate surface area is 161 Å². The van der Waals surface area contributed by atoms with E-state index >= 15 is 0 Å². The standard InChI is InChI=1S/C22H29N3O2/c1-6-18-7-9-19(10-8-18)23-20(26)13-25(5)14-21(27)24-22-16(3)11-15(2)12-17(22)4/h7-12H,6,13-14H2,1-5H3,(H,23,26)(H,24,27)/p+1. The van der Waals surface area contributed by atoms with Gasteiger partial charge in [0.15, 0.2) is 13.1 Å². The molecule has 0 saturated heterocycles. The molecule has 144 valence electrons. The Kier molecular flexibility index (Phi) is 7.13. The van der Waals surface area contributed by atoms with Crippen LogP contribution in [0.1, 0.15) is 29.2 Å². The second-order valence-electron chi connectivity index (χ2n) is 7.23. The van der Waals surface area contributed by atoms with E-state index in [0.29, 0.717) is 0 Å². The minimum absolute atomic E-state index is 0.0948. The summed E-state index contributed by atoms with van der Waals surface area (Å²) in [5.74, 6) is -0.199. The number of anilines is 2. The van der Waals surface area contributed by atoms with Gasteiger partial charge in [0.2, 0.25) is 0 Å². The van der Waals surface area contributed by atoms with E-state index in [4.69, 9.17) is 0 Å². The minimum Gasteiger partial charge on any atom is -0.322 e. The van der Waals surface area contributed by atoms with Gasteiger partial charge in [0, 0.05) is 11.4 Å². The van der Waals surface area contributed by atoms with Gasteiger partial charge in [0.05, 0.1) is 7.05 Å². The van der Waals surface area contributed by atoms with Crippen LogP contribution in [0.2, 0.25) is 0 Å². The van der Waals surface area contributed by atoms with E-state index in [1.165, 1.54) is 11.1 Å². The van der Waals surface area contributed by atoms with E-state index in [1.807, 2.05) is 52.1 Å². The summed E-state index contributed by atoms with van der Waals surface area (Å²) in [6.45, 7) is 8.57. The van der Waals surface area contributed by atoms with Crippen LogP contribution in [0.5, 0.6) is 0 Å². The van der Waals surface area contributed by atoms with Crippen LogP contribution >= 0.6 is 0 Å². The van der Waals surface area contributed by atoms with Crippen molar-refractivity contribution in [2.45, 2.75) is 34.1 Å². The van der Waals surface area contributed by atoms with Crippen LogP contribution in [0.15, 0.2) is 36.4 Å². The van der Waals surface area contributed by atoms with Crippen LogP contribution < -0.4 is 15.5 Å². The number of likely N-dealkylation sites (N-methyl/N-ethyl adjacent to an activating group) is 1. The van der Waals surface area contributed by atoms with Crippen molar-refractivity contribution in [3.05, 3.63) is 58.7 Å². The first kappa shape index (κ1) is 20.6. The van der Waals surface area contributed by atoms with Crippen LogP contribution in [0.4, 0.5) is 11.4 Å². The zero-order valence-corrected chi connectivity index (χ0v) is 16.9. The van der Waals surface area contributed by atoms with E-state index in [9.17, 15) is 9.59 Å². The number of benzene rings is 2. The number of carbonyl (C=O) groups is 2. The largest absolute Gasteiger partial charge is 0.322 e. The van der Waals surface area contributed by atoms with E-state index in [2.05, 4.69) is 29.7 Å². The molecular weight excluding hydrogens is 338 g/mol. The SMILES string of the molecule is CCc1ccc(NC(=O)C[NH+](C)CC(=O)Nc2c(C)cc(C)cc2C)cc1. The average molecular weight is 369 g/mol. The summed E-state index contributed by atoms with van der Waals surface area (Å²) in [5.41, 5.74) is 6.14. The van der Waals surface area contributed by atoms with Gasteiger partial charge in [0.25, 0.3) is 11.8 Å². The maximum Gasteiger partial charge on any atom is 0.279 e. The van der Waals surface area contributed by atoms with Crippen molar-refractivity contribution in [1.82, 2.24) is 0 Å². The number of nitrogens with one attached hydrogen (secondary N) is 3. The third kappa shape index (κ3) is 6.22. The van der Waals surface area contributed by atoms with Crippen LogP contribution in [0, 0.1) is 20.8 Å². The molecule has 0 aliphatic rings. The molecular formula is C22H30N3O2+. The Morgan fingerprint density at radius 1 is 0.889 bits per heavy atom. The molecule has 0 bridgehead atoms. The molecule has 0 aromatic heterocycles. The summed E-state index contributed by atoms with van der Waals surface area (Å²) in [7, 11) is 1.84. The Hall–Kier alpha value is -2.66. The van der Waals surface area contributed by atoms with Gasteiger partial charge in [-0.1, -0.05) is 36.8 Å². The highest BCUT2D eigenvalue weighted by Crippen LogP contribution is 2.21. The van der Waals surface area contributed by atoms with E-state index in [-0.39, 0.29) is 24.9 Å². The summed E-state index contributed by atoms with van der Waals surface area (Å²) in [6.07, 6.45) is 0.968. The van der Waals surface area contributed by atoms with Gasteiger partial charge in [-0.3, -0.25) is 9.59 Å². The minimum atomic E-state index is -0.104. The Morgan fingerprint density at radius 2 is 1.41 bits per heavy atom. The van der Waals surface area contributed by atoms with E-state index in [1.54, 1.807) is 0 Å². The van der Waals surface area contributed by atoms with Crippen LogP contribution in [-0.4, -0.2) is 32.0 Å². The van der Waals surface area contributed by atoms with Crippen molar-refractivity contribution >= 4 is 23.2 Å². The molecule has 5 heteroatoms. The molecule has 0 aliphatic carbocycles. The highest BCUT2D eigenvalue weighted by Gasteiger charge is 2.16. The quantitative estimate of drug-likeness (QED) is 0.702. The predicted molar refractivity (Wildman–Crippen MR) is 110 cm³/mol. The number of hydrogen-bond donors (Lipinski definition) is 3. The van der Waals surface area contributed by atoms with Gasteiger partial charge in [-0.05, 0) is 56.0 Å². The number of quaternary nitrogens is 1. The monoisotopic (exact) mass is 368 g/mol. The number of amides is 2. The molecule has 2 amide bonds. The molecule has 0 aliphatic heterocycles. The smallest absolute Gasteiger partial charge is 0.279 e. The summed E-state index contributed by atoms with van der Waals surface area (Å²) in [4.78, 5) is 25.4. The zero-order chi connectivity index (χ0) is 20.0. The first-order chi connectivity index (χ1) is 12.8. The molecule has 0 fully saturated rings. The fraction of sp³-hybridized carbons (Fsp3) is 0.364. The molecule has 0 spiro atoms. The third-order valence-electron chi connectivity index (χ3n) is 4.51. The molecule has 0 saturated carbocycles. The number of hydrogen-bond acceptors (Lipinski definition) is 2. The second-order valence-corrected chi connectivity index (χ2v) is 7.23. The van der Waals surface area contributed by atoms with Gasteiger partial charge >= 0.3 is 0 Å². The van der Waals surface area contributed by atoms with Gasteiger partial charge in [0.1, 0.15) is 0 Å². The molecule has 0 heterocycles. The first-order valence-electron chi connectivity index (χ1n) is 9.36. The van der Waals surface area contributed by atoms with Crippen LogP contribution in [0.3, 0.4) is 0 Å². The number of aryl methyl sites for hydroxylation is 4. The fourth-order valence-electron chi connectivity index (χ4n) is 3.20. The van der Waals surface area contributed by atoms with Crippen molar-refractivity contribution in [2.75, 3.05) is 30.8 Å². The maximum absolute atomic E-state index is 12.4. The van der Waals surface area contributed by atoms with E-state index in [0.717, 1.165) is 33.8 Å². The van der Waals surface area contributed by atoms with Gasteiger partial charge < -0.3 is 15.5 Å². The second kappa shape index (κ2) is 9.33. The van der Waals surface area contributed by atoms with Crippen molar-refractivity contribution in [3.8, 4) is 0 Å². The molecule has 1 atom stereocenters. The summed E-state index contributed by atoms with van der Waals surface area (Å²) >= 11 is 0. The zero-order valence-electron chi connectivity index (χ0n) is 16.9. The topological polar surface area (TPSA) is 62.6 Å². The van der Waals surface area contributed by atoms with Crippen molar-refractivity contribution in [1.29, 1.82) is 0 Å². The molecule has 1 unspecified atom stereocenters. The summed E-state index contributed by atoms with van der Waals surface area (Å²) < 4.78 is 0.